The number of aliphatic hydroxyl groups is 1. The SMILES string of the molecule is C=C[C@H](C(=O)CCC(C)C)[C@H]1CC[C@H]2[C@@H]3CC=C4C[C@@](C)(O)CCC4[C@H]3CC[C@]12C. The van der Waals surface area contributed by atoms with Crippen LogP contribution in [-0.4, -0.2) is 16.5 Å². The van der Waals surface area contributed by atoms with E-state index in [2.05, 4.69) is 33.4 Å². The average molecular weight is 413 g/mol. The molecule has 4 rings (SSSR count). The third-order valence-electron chi connectivity index (χ3n) is 9.82. The number of allylic oxidation sites excluding steroid dienone is 2. The summed E-state index contributed by atoms with van der Waals surface area (Å²) in [7, 11) is 0. The molecule has 0 bridgehead atoms. The Hall–Kier alpha value is -0.890. The minimum Gasteiger partial charge on any atom is -0.390 e. The number of hydrogen-bond donors (Lipinski definition) is 1. The lowest BCUT2D eigenvalue weighted by atomic mass is 9.50. The van der Waals surface area contributed by atoms with E-state index in [-0.39, 0.29) is 5.92 Å². The summed E-state index contributed by atoms with van der Waals surface area (Å²) in [4.78, 5) is 13.1. The molecule has 3 fully saturated rings. The molecule has 0 aliphatic heterocycles. The first kappa shape index (κ1) is 22.3. The van der Waals surface area contributed by atoms with Crippen LogP contribution in [-0.2, 0) is 4.79 Å². The fourth-order valence-electron chi connectivity index (χ4n) is 8.21. The van der Waals surface area contributed by atoms with Crippen molar-refractivity contribution in [3.05, 3.63) is 24.3 Å². The van der Waals surface area contributed by atoms with Crippen LogP contribution in [0.5, 0.6) is 0 Å². The lowest BCUT2D eigenvalue weighted by molar-refractivity contribution is -0.125. The minimum absolute atomic E-state index is 0.0507. The predicted molar refractivity (Wildman–Crippen MR) is 124 cm³/mol. The molecule has 0 aromatic heterocycles. The van der Waals surface area contributed by atoms with Gasteiger partial charge in [-0.15, -0.1) is 6.58 Å². The molecule has 0 aromatic rings. The molecule has 0 saturated heterocycles. The number of Topliss-reactive ketones (excluding diaryl/α,β-unsaturated/α-hetero) is 1. The van der Waals surface area contributed by atoms with Gasteiger partial charge in [0.15, 0.2) is 0 Å². The highest BCUT2D eigenvalue weighted by Gasteiger charge is 2.57. The van der Waals surface area contributed by atoms with E-state index >= 15 is 0 Å². The van der Waals surface area contributed by atoms with E-state index in [0.717, 1.165) is 43.4 Å². The van der Waals surface area contributed by atoms with Crippen molar-refractivity contribution in [3.63, 3.8) is 0 Å². The standard InChI is InChI=1S/C28H44O2/c1-6-20(26(29)12-7-18(2)3)24-10-11-25-23-9-8-19-17-27(4,30)15-13-21(19)22(23)14-16-28(24,25)5/h6,8,18,20-25,30H,1,7,9-17H2,2-5H3/t20-,21?,22+,23+,24+,25-,27-,28+/m0/s1. The lowest BCUT2D eigenvalue weighted by Gasteiger charge is -2.55. The van der Waals surface area contributed by atoms with Gasteiger partial charge in [-0.1, -0.05) is 38.5 Å². The second-order valence-corrected chi connectivity index (χ2v) is 12.2. The third kappa shape index (κ3) is 3.87. The van der Waals surface area contributed by atoms with E-state index in [4.69, 9.17) is 0 Å². The van der Waals surface area contributed by atoms with Crippen LogP contribution in [0.2, 0.25) is 0 Å². The van der Waals surface area contributed by atoms with Gasteiger partial charge in [0.2, 0.25) is 0 Å². The first-order valence-corrected chi connectivity index (χ1v) is 12.7. The summed E-state index contributed by atoms with van der Waals surface area (Å²) in [5.41, 5.74) is 1.35. The molecule has 1 N–H and O–H groups in total. The van der Waals surface area contributed by atoms with E-state index in [1.807, 2.05) is 13.0 Å². The molecule has 4 aliphatic carbocycles. The fraction of sp³-hybridized carbons (Fsp3) is 0.821. The van der Waals surface area contributed by atoms with Crippen molar-refractivity contribution < 1.29 is 9.90 Å². The summed E-state index contributed by atoms with van der Waals surface area (Å²) in [6.45, 7) is 13.1. The third-order valence-corrected chi connectivity index (χ3v) is 9.82. The zero-order valence-corrected chi connectivity index (χ0v) is 19.8. The Morgan fingerprint density at radius 2 is 1.97 bits per heavy atom. The molecule has 168 valence electrons. The smallest absolute Gasteiger partial charge is 0.140 e. The normalized spacial score (nSPS) is 43.9. The van der Waals surface area contributed by atoms with Gasteiger partial charge in [-0.05, 0) is 106 Å². The van der Waals surface area contributed by atoms with Crippen molar-refractivity contribution >= 4 is 5.78 Å². The predicted octanol–water partition coefficient (Wildman–Crippen LogP) is 6.73. The van der Waals surface area contributed by atoms with Crippen LogP contribution >= 0.6 is 0 Å². The quantitative estimate of drug-likeness (QED) is 0.491. The van der Waals surface area contributed by atoms with Crippen LogP contribution in [0.4, 0.5) is 0 Å². The summed E-state index contributed by atoms with van der Waals surface area (Å²) < 4.78 is 0. The van der Waals surface area contributed by atoms with Gasteiger partial charge in [0.05, 0.1) is 5.60 Å². The Bertz CT molecular complexity index is 701. The lowest BCUT2D eigenvalue weighted by Crippen LogP contribution is -2.48. The summed E-state index contributed by atoms with van der Waals surface area (Å²) in [6, 6.07) is 0. The largest absolute Gasteiger partial charge is 0.390 e. The molecule has 4 aliphatic rings. The number of rotatable bonds is 6. The van der Waals surface area contributed by atoms with Gasteiger partial charge in [0.1, 0.15) is 5.78 Å². The zero-order valence-electron chi connectivity index (χ0n) is 19.8. The maximum absolute atomic E-state index is 13.1. The van der Waals surface area contributed by atoms with Crippen LogP contribution in [0, 0.1) is 46.8 Å². The summed E-state index contributed by atoms with van der Waals surface area (Å²) in [6.07, 6.45) is 15.5. The molecule has 0 aromatic carbocycles. The molecule has 3 saturated carbocycles. The fourth-order valence-corrected chi connectivity index (χ4v) is 8.21. The van der Waals surface area contributed by atoms with E-state index in [9.17, 15) is 9.90 Å². The van der Waals surface area contributed by atoms with E-state index in [1.54, 1.807) is 5.57 Å². The second-order valence-electron chi connectivity index (χ2n) is 12.2. The summed E-state index contributed by atoms with van der Waals surface area (Å²) in [5, 5.41) is 10.6. The topological polar surface area (TPSA) is 37.3 Å². The van der Waals surface area contributed by atoms with E-state index in [0.29, 0.717) is 35.4 Å². The monoisotopic (exact) mass is 412 g/mol. The number of hydrogen-bond acceptors (Lipinski definition) is 2. The highest BCUT2D eigenvalue weighted by molar-refractivity contribution is 5.83. The second kappa shape index (κ2) is 8.23. The van der Waals surface area contributed by atoms with E-state index < -0.39 is 5.60 Å². The highest BCUT2D eigenvalue weighted by atomic mass is 16.3. The number of fused-ring (bicyclic) bond motifs is 5. The van der Waals surface area contributed by atoms with Crippen LogP contribution in [0.3, 0.4) is 0 Å². The van der Waals surface area contributed by atoms with E-state index in [1.165, 1.54) is 32.1 Å². The van der Waals surface area contributed by atoms with Gasteiger partial charge in [-0.3, -0.25) is 4.79 Å². The van der Waals surface area contributed by atoms with Gasteiger partial charge in [-0.25, -0.2) is 0 Å². The number of carbonyl (C=O) groups excluding carboxylic acids is 1. The first-order chi connectivity index (χ1) is 14.2. The van der Waals surface area contributed by atoms with Crippen LogP contribution in [0.25, 0.3) is 0 Å². The molecule has 0 amide bonds. The Labute approximate surface area is 184 Å². The molecule has 0 spiro atoms. The Morgan fingerprint density at radius 1 is 1.20 bits per heavy atom. The zero-order chi connectivity index (χ0) is 21.7. The molecule has 2 heteroatoms. The van der Waals surface area contributed by atoms with Gasteiger partial charge >= 0.3 is 0 Å². The maximum atomic E-state index is 13.1. The molecular weight excluding hydrogens is 368 g/mol. The average Bonchev–Trinajstić information content (AvgIpc) is 3.03. The Balaban J connectivity index is 1.52. The van der Waals surface area contributed by atoms with Crippen molar-refractivity contribution in [1.29, 1.82) is 0 Å². The van der Waals surface area contributed by atoms with Gasteiger partial charge in [0, 0.05) is 12.3 Å². The Morgan fingerprint density at radius 3 is 2.67 bits per heavy atom. The highest BCUT2D eigenvalue weighted by Crippen LogP contribution is 2.65. The molecule has 0 heterocycles. The summed E-state index contributed by atoms with van der Waals surface area (Å²) >= 11 is 0. The van der Waals surface area contributed by atoms with Crippen molar-refractivity contribution in [2.75, 3.05) is 0 Å². The molecule has 8 atom stereocenters. The van der Waals surface area contributed by atoms with Gasteiger partial charge in [0.25, 0.3) is 0 Å². The van der Waals surface area contributed by atoms with Crippen molar-refractivity contribution in [1.82, 2.24) is 0 Å². The first-order valence-electron chi connectivity index (χ1n) is 12.7. The van der Waals surface area contributed by atoms with Crippen LogP contribution in [0.15, 0.2) is 24.3 Å². The molecule has 30 heavy (non-hydrogen) atoms. The molecule has 2 nitrogen and oxygen atoms in total. The summed E-state index contributed by atoms with van der Waals surface area (Å²) in [5.74, 6) is 4.60. The molecule has 1 unspecified atom stereocenters. The van der Waals surface area contributed by atoms with Crippen LogP contribution < -0.4 is 0 Å². The van der Waals surface area contributed by atoms with Crippen LogP contribution in [0.1, 0.15) is 91.9 Å². The van der Waals surface area contributed by atoms with Crippen molar-refractivity contribution in [2.24, 2.45) is 46.8 Å². The maximum Gasteiger partial charge on any atom is 0.140 e. The Kier molecular flexibility index (Phi) is 6.12. The van der Waals surface area contributed by atoms with Crippen molar-refractivity contribution in [2.45, 2.75) is 97.5 Å². The van der Waals surface area contributed by atoms with Gasteiger partial charge < -0.3 is 5.11 Å². The van der Waals surface area contributed by atoms with Gasteiger partial charge in [-0.2, -0.15) is 0 Å². The minimum atomic E-state index is -0.496. The number of carbonyl (C=O) groups is 1. The number of ketones is 1. The molecule has 0 radical (unpaired) electrons. The molecular formula is C28H44O2. The van der Waals surface area contributed by atoms with Crippen molar-refractivity contribution in [3.8, 4) is 0 Å².